The number of amides is 4. The molecular weight excluding hydrogens is 512 g/mol. The Bertz CT molecular complexity index is 955. The van der Waals surface area contributed by atoms with E-state index >= 15 is 0 Å². The van der Waals surface area contributed by atoms with Gasteiger partial charge in [0.15, 0.2) is 0 Å². The first-order valence-electron chi connectivity index (χ1n) is 16.3. The number of nitrogens with zero attached hydrogens (tertiary/aromatic N) is 1. The quantitative estimate of drug-likeness (QED) is 0.299. The maximum absolute atomic E-state index is 13.6. The van der Waals surface area contributed by atoms with Crippen molar-refractivity contribution < 1.29 is 14.4 Å². The monoisotopic (exact) mass is 568 g/mol. The molecule has 2 atom stereocenters. The SMILES string of the molecule is CC(C)C[C@H](NC(=O)N1CCCCCC1)C(=O)N[C@@H](Cc1ccc(CCC2CCCCC2)cc1)C(=O)NC(C)(C)C. The fourth-order valence-electron chi connectivity index (χ4n) is 6.08. The van der Waals surface area contributed by atoms with Crippen LogP contribution in [0.2, 0.25) is 0 Å². The van der Waals surface area contributed by atoms with Gasteiger partial charge in [-0.1, -0.05) is 83.1 Å². The summed E-state index contributed by atoms with van der Waals surface area (Å²) in [6.07, 6.45) is 14.3. The molecule has 1 heterocycles. The third-order valence-electron chi connectivity index (χ3n) is 8.37. The maximum Gasteiger partial charge on any atom is 0.318 e. The molecule has 1 aliphatic heterocycles. The zero-order valence-corrected chi connectivity index (χ0v) is 26.4. The van der Waals surface area contributed by atoms with E-state index in [0.717, 1.165) is 56.7 Å². The van der Waals surface area contributed by atoms with Crippen LogP contribution in [-0.4, -0.2) is 53.5 Å². The van der Waals surface area contributed by atoms with Crippen LogP contribution in [0.3, 0.4) is 0 Å². The molecule has 4 amide bonds. The summed E-state index contributed by atoms with van der Waals surface area (Å²) in [5.74, 6) is 0.537. The number of carbonyl (C=O) groups excluding carboxylic acids is 3. The van der Waals surface area contributed by atoms with Crippen molar-refractivity contribution in [2.45, 2.75) is 136 Å². The van der Waals surface area contributed by atoms with Crippen molar-refractivity contribution in [1.29, 1.82) is 0 Å². The van der Waals surface area contributed by atoms with Crippen molar-refractivity contribution in [2.24, 2.45) is 11.8 Å². The fraction of sp³-hybridized carbons (Fsp3) is 0.735. The maximum atomic E-state index is 13.6. The Labute approximate surface area is 249 Å². The summed E-state index contributed by atoms with van der Waals surface area (Å²) in [5, 5.41) is 9.05. The fourth-order valence-corrected chi connectivity index (χ4v) is 6.08. The molecule has 7 heteroatoms. The molecule has 1 aromatic rings. The van der Waals surface area contributed by atoms with Gasteiger partial charge >= 0.3 is 6.03 Å². The summed E-state index contributed by atoms with van der Waals surface area (Å²) >= 11 is 0. The van der Waals surface area contributed by atoms with Crippen LogP contribution in [0.25, 0.3) is 0 Å². The van der Waals surface area contributed by atoms with Gasteiger partial charge in [-0.3, -0.25) is 9.59 Å². The molecule has 0 aromatic heterocycles. The van der Waals surface area contributed by atoms with E-state index in [4.69, 9.17) is 0 Å². The Balaban J connectivity index is 1.67. The molecule has 0 spiro atoms. The van der Waals surface area contributed by atoms with Gasteiger partial charge in [0.1, 0.15) is 12.1 Å². The predicted octanol–water partition coefficient (Wildman–Crippen LogP) is 6.14. The number of aryl methyl sites for hydroxylation is 1. The van der Waals surface area contributed by atoms with Gasteiger partial charge in [0.2, 0.25) is 11.8 Å². The first-order valence-corrected chi connectivity index (χ1v) is 16.3. The average molecular weight is 569 g/mol. The van der Waals surface area contributed by atoms with E-state index in [9.17, 15) is 14.4 Å². The first-order chi connectivity index (χ1) is 19.5. The van der Waals surface area contributed by atoms with E-state index in [1.807, 2.05) is 39.5 Å². The highest BCUT2D eigenvalue weighted by Gasteiger charge is 2.30. The molecule has 1 aliphatic carbocycles. The molecule has 1 saturated carbocycles. The molecular formula is C34H56N4O3. The largest absolute Gasteiger partial charge is 0.350 e. The number of likely N-dealkylation sites (tertiary alicyclic amines) is 1. The van der Waals surface area contributed by atoms with Crippen molar-refractivity contribution in [3.05, 3.63) is 35.4 Å². The first kappa shape index (κ1) is 32.9. The molecule has 230 valence electrons. The lowest BCUT2D eigenvalue weighted by Gasteiger charge is -2.29. The van der Waals surface area contributed by atoms with Crippen LogP contribution in [-0.2, 0) is 22.4 Å². The highest BCUT2D eigenvalue weighted by Crippen LogP contribution is 2.27. The van der Waals surface area contributed by atoms with Crippen LogP contribution in [0.5, 0.6) is 0 Å². The van der Waals surface area contributed by atoms with Gasteiger partial charge in [0, 0.05) is 25.0 Å². The topological polar surface area (TPSA) is 90.5 Å². The number of nitrogens with one attached hydrogen (secondary N) is 3. The standard InChI is InChI=1S/C34H56N4O3/c1-25(2)23-29(36-33(41)38-21-11-6-7-12-22-38)31(39)35-30(32(40)37-34(3,4)5)24-28-19-17-27(18-20-28)16-15-26-13-9-8-10-14-26/h17-20,25-26,29-30H,6-16,21-24H2,1-5H3,(H,35,39)(H,36,41)(H,37,40)/t29-,30-/m0/s1. The Morgan fingerprint density at radius 2 is 1.39 bits per heavy atom. The number of benzene rings is 1. The van der Waals surface area contributed by atoms with Crippen molar-refractivity contribution in [1.82, 2.24) is 20.9 Å². The van der Waals surface area contributed by atoms with E-state index in [1.165, 1.54) is 44.1 Å². The van der Waals surface area contributed by atoms with Crippen LogP contribution in [0.4, 0.5) is 4.79 Å². The molecule has 7 nitrogen and oxygen atoms in total. The van der Waals surface area contributed by atoms with E-state index in [0.29, 0.717) is 12.8 Å². The van der Waals surface area contributed by atoms with Crippen molar-refractivity contribution in [2.75, 3.05) is 13.1 Å². The van der Waals surface area contributed by atoms with Crippen LogP contribution in [0, 0.1) is 11.8 Å². The Morgan fingerprint density at radius 3 is 1.98 bits per heavy atom. The van der Waals surface area contributed by atoms with Gasteiger partial charge < -0.3 is 20.9 Å². The summed E-state index contributed by atoms with van der Waals surface area (Å²) in [6.45, 7) is 11.3. The normalized spacial score (nSPS) is 18.3. The van der Waals surface area contributed by atoms with E-state index < -0.39 is 17.6 Å². The average Bonchev–Trinajstić information content (AvgIpc) is 3.21. The zero-order valence-electron chi connectivity index (χ0n) is 26.4. The molecule has 2 fully saturated rings. The minimum atomic E-state index is -0.737. The number of hydrogen-bond acceptors (Lipinski definition) is 3. The lowest BCUT2D eigenvalue weighted by Crippen LogP contribution is -2.58. The third-order valence-corrected chi connectivity index (χ3v) is 8.37. The second-order valence-electron chi connectivity index (χ2n) is 13.9. The van der Waals surface area contributed by atoms with Crippen molar-refractivity contribution >= 4 is 17.8 Å². The molecule has 2 aliphatic rings. The summed E-state index contributed by atoms with van der Waals surface area (Å²) in [4.78, 5) is 41.9. The zero-order chi connectivity index (χ0) is 29.8. The van der Waals surface area contributed by atoms with Crippen LogP contribution in [0.1, 0.15) is 116 Å². The highest BCUT2D eigenvalue weighted by atomic mass is 16.2. The van der Waals surface area contributed by atoms with E-state index in [-0.39, 0.29) is 23.8 Å². The minimum absolute atomic E-state index is 0.188. The van der Waals surface area contributed by atoms with E-state index in [1.54, 1.807) is 0 Å². The summed E-state index contributed by atoms with van der Waals surface area (Å²) in [7, 11) is 0. The molecule has 41 heavy (non-hydrogen) atoms. The molecule has 3 rings (SSSR count). The number of urea groups is 1. The van der Waals surface area contributed by atoms with Crippen molar-refractivity contribution in [3.63, 3.8) is 0 Å². The minimum Gasteiger partial charge on any atom is -0.350 e. The summed E-state index contributed by atoms with van der Waals surface area (Å²) in [5.41, 5.74) is 1.91. The van der Waals surface area contributed by atoms with Gasteiger partial charge in [-0.05, 0) is 75.8 Å². The van der Waals surface area contributed by atoms with Gasteiger partial charge in [-0.15, -0.1) is 0 Å². The highest BCUT2D eigenvalue weighted by molar-refractivity contribution is 5.92. The van der Waals surface area contributed by atoms with Gasteiger partial charge in [-0.25, -0.2) is 4.79 Å². The molecule has 3 N–H and O–H groups in total. The predicted molar refractivity (Wildman–Crippen MR) is 167 cm³/mol. The van der Waals surface area contributed by atoms with E-state index in [2.05, 4.69) is 40.2 Å². The number of rotatable bonds is 11. The summed E-state index contributed by atoms with van der Waals surface area (Å²) in [6, 6.07) is 6.90. The van der Waals surface area contributed by atoms with Crippen LogP contribution < -0.4 is 16.0 Å². The third kappa shape index (κ3) is 12.1. The molecule has 1 saturated heterocycles. The Kier molecular flexibility index (Phi) is 13.0. The van der Waals surface area contributed by atoms with Crippen LogP contribution >= 0.6 is 0 Å². The molecule has 0 bridgehead atoms. The molecule has 1 aromatic carbocycles. The summed E-state index contributed by atoms with van der Waals surface area (Å²) < 4.78 is 0. The lowest BCUT2D eigenvalue weighted by atomic mass is 9.85. The second kappa shape index (κ2) is 16.2. The van der Waals surface area contributed by atoms with Gasteiger partial charge in [-0.2, -0.15) is 0 Å². The Morgan fingerprint density at radius 1 is 0.805 bits per heavy atom. The second-order valence-corrected chi connectivity index (χ2v) is 13.9. The molecule has 0 unspecified atom stereocenters. The van der Waals surface area contributed by atoms with Crippen molar-refractivity contribution in [3.8, 4) is 0 Å². The lowest BCUT2D eigenvalue weighted by molar-refractivity contribution is -0.130. The van der Waals surface area contributed by atoms with Gasteiger partial charge in [0.25, 0.3) is 0 Å². The molecule has 0 radical (unpaired) electrons. The number of carbonyl (C=O) groups is 3. The van der Waals surface area contributed by atoms with Crippen LogP contribution in [0.15, 0.2) is 24.3 Å². The van der Waals surface area contributed by atoms with Gasteiger partial charge in [0.05, 0.1) is 0 Å². The Hall–Kier alpha value is -2.57. The smallest absolute Gasteiger partial charge is 0.318 e. The number of hydrogen-bond donors (Lipinski definition) is 3.